The summed E-state index contributed by atoms with van der Waals surface area (Å²) in [5.41, 5.74) is 2.56. The highest BCUT2D eigenvalue weighted by Crippen LogP contribution is 2.39. The Hall–Kier alpha value is -4.25. The minimum Gasteiger partial charge on any atom is -0.489 e. The van der Waals surface area contributed by atoms with E-state index in [1.807, 2.05) is 37.1 Å². The molecule has 4 rings (SSSR count). The summed E-state index contributed by atoms with van der Waals surface area (Å²) >= 11 is 0. The van der Waals surface area contributed by atoms with Crippen LogP contribution >= 0.6 is 0 Å². The number of esters is 1. The number of hydrogen-bond acceptors (Lipinski definition) is 7. The van der Waals surface area contributed by atoms with Gasteiger partial charge in [0.25, 0.3) is 0 Å². The third kappa shape index (κ3) is 6.50. The molecule has 0 aromatic heterocycles. The molecule has 0 fully saturated rings. The molecular formula is C29H30FN3O4. The van der Waals surface area contributed by atoms with Crippen molar-refractivity contribution in [3.8, 4) is 17.6 Å². The number of hydrogen-bond donors (Lipinski definition) is 0. The first-order valence-electron chi connectivity index (χ1n) is 12.1. The van der Waals surface area contributed by atoms with Crippen LogP contribution in [-0.4, -0.2) is 44.9 Å². The van der Waals surface area contributed by atoms with Crippen molar-refractivity contribution in [1.82, 2.24) is 0 Å². The Bertz CT molecular complexity index is 1270. The van der Waals surface area contributed by atoms with Crippen LogP contribution in [-0.2, 0) is 16.1 Å². The first kappa shape index (κ1) is 25.8. The molecule has 3 aromatic carbocycles. The molecule has 0 aliphatic carbocycles. The molecule has 8 heteroatoms. The highest BCUT2D eigenvalue weighted by atomic mass is 19.1. The van der Waals surface area contributed by atoms with Gasteiger partial charge < -0.3 is 24.0 Å². The molecule has 0 N–H and O–H groups in total. The van der Waals surface area contributed by atoms with Crippen LogP contribution < -0.4 is 19.3 Å². The summed E-state index contributed by atoms with van der Waals surface area (Å²) in [7, 11) is 1.99. The van der Waals surface area contributed by atoms with Gasteiger partial charge in [0.15, 0.2) is 5.60 Å². The Kier molecular flexibility index (Phi) is 7.83. The van der Waals surface area contributed by atoms with E-state index in [1.54, 1.807) is 43.3 Å². The second-order valence-electron chi connectivity index (χ2n) is 9.27. The summed E-state index contributed by atoms with van der Waals surface area (Å²) in [6.07, 6.45) is 0. The summed E-state index contributed by atoms with van der Waals surface area (Å²) in [6, 6.07) is 21.1. The van der Waals surface area contributed by atoms with E-state index in [-0.39, 0.29) is 18.3 Å². The topological polar surface area (TPSA) is 75.0 Å². The number of carbonyl (C=O) groups is 1. The zero-order chi connectivity index (χ0) is 26.4. The number of anilines is 2. The number of halogens is 1. The molecule has 1 atom stereocenters. The van der Waals surface area contributed by atoms with Gasteiger partial charge in [-0.2, -0.15) is 5.26 Å². The monoisotopic (exact) mass is 503 g/mol. The maximum absolute atomic E-state index is 13.4. The third-order valence-electron chi connectivity index (χ3n) is 6.09. The van der Waals surface area contributed by atoms with Crippen LogP contribution in [0.3, 0.4) is 0 Å². The van der Waals surface area contributed by atoms with Crippen LogP contribution in [0.15, 0.2) is 66.7 Å². The van der Waals surface area contributed by atoms with Crippen molar-refractivity contribution in [3.63, 3.8) is 0 Å². The quantitative estimate of drug-likeness (QED) is 0.383. The zero-order valence-electron chi connectivity index (χ0n) is 21.2. The van der Waals surface area contributed by atoms with E-state index >= 15 is 0 Å². The minimum atomic E-state index is -0.601. The fourth-order valence-electron chi connectivity index (χ4n) is 4.32. The van der Waals surface area contributed by atoms with Crippen molar-refractivity contribution in [3.05, 3.63) is 83.7 Å². The Morgan fingerprint density at radius 2 is 1.89 bits per heavy atom. The highest BCUT2D eigenvalue weighted by Gasteiger charge is 2.36. The highest BCUT2D eigenvalue weighted by molar-refractivity contribution is 5.77. The van der Waals surface area contributed by atoms with E-state index < -0.39 is 5.60 Å². The molecule has 1 aliphatic heterocycles. The van der Waals surface area contributed by atoms with E-state index in [1.165, 1.54) is 12.1 Å². The number of nitrogens with zero attached hydrogens (tertiary/aromatic N) is 3. The standard InChI is InChI=1S/C29H30FN3O4/c1-4-35-28(34)18-33(17-22-5-9-23(30)10-6-22)24-11-14-27-26(15-24)32(3)19-29(2,37-27)20-36-25-12-7-21(16-31)8-13-25/h5-15H,4,17-20H2,1-3H3. The van der Waals surface area contributed by atoms with Crippen LogP contribution in [0.4, 0.5) is 15.8 Å². The summed E-state index contributed by atoms with van der Waals surface area (Å²) < 4.78 is 30.9. The van der Waals surface area contributed by atoms with E-state index in [4.69, 9.17) is 19.5 Å². The van der Waals surface area contributed by atoms with E-state index in [0.717, 1.165) is 16.9 Å². The molecule has 1 aliphatic rings. The predicted octanol–water partition coefficient (Wildman–Crippen LogP) is 4.93. The first-order chi connectivity index (χ1) is 17.8. The molecule has 0 saturated carbocycles. The Labute approximate surface area is 216 Å². The summed E-state index contributed by atoms with van der Waals surface area (Å²) in [4.78, 5) is 16.4. The van der Waals surface area contributed by atoms with Crippen LogP contribution in [0.2, 0.25) is 0 Å². The summed E-state index contributed by atoms with van der Waals surface area (Å²) in [5.74, 6) is 0.739. The van der Waals surface area contributed by atoms with Crippen molar-refractivity contribution < 1.29 is 23.4 Å². The lowest BCUT2D eigenvalue weighted by molar-refractivity contribution is -0.141. The molecule has 0 spiro atoms. The van der Waals surface area contributed by atoms with Gasteiger partial charge in [0.2, 0.25) is 0 Å². The lowest BCUT2D eigenvalue weighted by Gasteiger charge is -2.41. The van der Waals surface area contributed by atoms with Gasteiger partial charge in [0.1, 0.15) is 30.5 Å². The number of likely N-dealkylation sites (N-methyl/N-ethyl adjacent to an activating group) is 1. The smallest absolute Gasteiger partial charge is 0.325 e. The number of benzene rings is 3. The van der Waals surface area contributed by atoms with Gasteiger partial charge in [-0.15, -0.1) is 0 Å². The lowest BCUT2D eigenvalue weighted by Crippen LogP contribution is -2.51. The van der Waals surface area contributed by atoms with E-state index in [0.29, 0.717) is 43.4 Å². The van der Waals surface area contributed by atoms with Crippen LogP contribution in [0, 0.1) is 17.1 Å². The Morgan fingerprint density at radius 3 is 2.57 bits per heavy atom. The minimum absolute atomic E-state index is 0.0602. The van der Waals surface area contributed by atoms with Crippen molar-refractivity contribution >= 4 is 17.3 Å². The van der Waals surface area contributed by atoms with Crippen LogP contribution in [0.1, 0.15) is 25.0 Å². The number of carbonyl (C=O) groups excluding carboxylic acids is 1. The molecule has 0 radical (unpaired) electrons. The van der Waals surface area contributed by atoms with E-state index in [2.05, 4.69) is 11.0 Å². The molecule has 1 unspecified atom stereocenters. The van der Waals surface area contributed by atoms with E-state index in [9.17, 15) is 9.18 Å². The first-order valence-corrected chi connectivity index (χ1v) is 12.1. The molecule has 1 heterocycles. The molecule has 0 amide bonds. The maximum Gasteiger partial charge on any atom is 0.325 e. The van der Waals surface area contributed by atoms with Gasteiger partial charge in [0.05, 0.1) is 30.5 Å². The van der Waals surface area contributed by atoms with Gasteiger partial charge in [0, 0.05) is 19.3 Å². The van der Waals surface area contributed by atoms with Crippen LogP contribution in [0.5, 0.6) is 11.5 Å². The fourth-order valence-corrected chi connectivity index (χ4v) is 4.32. The third-order valence-corrected chi connectivity index (χ3v) is 6.09. The number of fused-ring (bicyclic) bond motifs is 1. The Balaban J connectivity index is 1.52. The van der Waals surface area contributed by atoms with Gasteiger partial charge in [-0.3, -0.25) is 4.79 Å². The number of nitriles is 1. The molecule has 37 heavy (non-hydrogen) atoms. The van der Waals surface area contributed by atoms with Crippen molar-refractivity contribution in [2.45, 2.75) is 26.0 Å². The molecule has 0 bridgehead atoms. The lowest BCUT2D eigenvalue weighted by atomic mass is 10.0. The van der Waals surface area contributed by atoms with Gasteiger partial charge in [-0.1, -0.05) is 12.1 Å². The summed E-state index contributed by atoms with van der Waals surface area (Å²) in [5, 5.41) is 8.97. The average molecular weight is 504 g/mol. The second kappa shape index (κ2) is 11.2. The number of rotatable bonds is 9. The zero-order valence-corrected chi connectivity index (χ0v) is 21.2. The van der Waals surface area contributed by atoms with Gasteiger partial charge >= 0.3 is 5.97 Å². The molecule has 0 saturated heterocycles. The van der Waals surface area contributed by atoms with Crippen molar-refractivity contribution in [2.24, 2.45) is 0 Å². The number of ether oxygens (including phenoxy) is 3. The van der Waals surface area contributed by atoms with Gasteiger partial charge in [-0.05, 0) is 74.0 Å². The SMILES string of the molecule is CCOC(=O)CN(Cc1ccc(F)cc1)c1ccc2c(c1)N(C)CC(C)(COc1ccc(C#N)cc1)O2. The largest absolute Gasteiger partial charge is 0.489 e. The molecule has 192 valence electrons. The van der Waals surface area contributed by atoms with Gasteiger partial charge in [-0.25, -0.2) is 4.39 Å². The predicted molar refractivity (Wildman–Crippen MR) is 139 cm³/mol. The Morgan fingerprint density at radius 1 is 1.16 bits per heavy atom. The molecule has 3 aromatic rings. The van der Waals surface area contributed by atoms with Crippen molar-refractivity contribution in [1.29, 1.82) is 5.26 Å². The average Bonchev–Trinajstić information content (AvgIpc) is 2.89. The second-order valence-corrected chi connectivity index (χ2v) is 9.27. The normalized spacial score (nSPS) is 16.2. The molecule has 7 nitrogen and oxygen atoms in total. The van der Waals surface area contributed by atoms with Crippen molar-refractivity contribution in [2.75, 3.05) is 43.2 Å². The fraction of sp³-hybridized carbons (Fsp3) is 0.310. The van der Waals surface area contributed by atoms with Crippen LogP contribution in [0.25, 0.3) is 0 Å². The molecular weight excluding hydrogens is 473 g/mol. The maximum atomic E-state index is 13.4. The summed E-state index contributed by atoms with van der Waals surface area (Å²) in [6.45, 7) is 5.44.